The molecule has 0 aliphatic carbocycles. The third-order valence-electron chi connectivity index (χ3n) is 5.65. The molecule has 2 aromatic carbocycles. The highest BCUT2D eigenvalue weighted by molar-refractivity contribution is 7.91. The maximum atomic E-state index is 13.3. The standard InChI is InChI=1S/C21H24N4O4S/c1-23-17-9-8-16(14-18(17)24(2)21(23)27)22-20(26)19(15-6-4-3-5-7-15)25-10-12-30(28,29)13-11-25/h3-9,14,19H,10-13H2,1-2H3,(H,22,26). The molecule has 3 aromatic rings. The Labute approximate surface area is 174 Å². The van der Waals surface area contributed by atoms with Crippen LogP contribution in [-0.4, -0.2) is 53.0 Å². The lowest BCUT2D eigenvalue weighted by molar-refractivity contribution is -0.121. The van der Waals surface area contributed by atoms with Crippen molar-refractivity contribution in [1.82, 2.24) is 14.0 Å². The van der Waals surface area contributed by atoms with Gasteiger partial charge < -0.3 is 5.32 Å². The summed E-state index contributed by atoms with van der Waals surface area (Å²) >= 11 is 0. The van der Waals surface area contributed by atoms with Crippen LogP contribution in [0.5, 0.6) is 0 Å². The molecule has 1 aliphatic heterocycles. The molecule has 0 saturated carbocycles. The van der Waals surface area contributed by atoms with Crippen LogP contribution in [-0.2, 0) is 28.7 Å². The first-order valence-corrected chi connectivity index (χ1v) is 11.5. The van der Waals surface area contributed by atoms with E-state index in [0.717, 1.165) is 16.6 Å². The summed E-state index contributed by atoms with van der Waals surface area (Å²) < 4.78 is 26.8. The number of hydrogen-bond acceptors (Lipinski definition) is 5. The third-order valence-corrected chi connectivity index (χ3v) is 7.26. The molecule has 0 bridgehead atoms. The van der Waals surface area contributed by atoms with E-state index in [-0.39, 0.29) is 23.1 Å². The summed E-state index contributed by atoms with van der Waals surface area (Å²) in [4.78, 5) is 27.4. The summed E-state index contributed by atoms with van der Waals surface area (Å²) in [5, 5.41) is 2.95. The summed E-state index contributed by atoms with van der Waals surface area (Å²) in [5.41, 5.74) is 2.76. The van der Waals surface area contributed by atoms with Crippen LogP contribution in [0, 0.1) is 0 Å². The molecule has 1 aliphatic rings. The van der Waals surface area contributed by atoms with E-state index >= 15 is 0 Å². The molecular formula is C21H24N4O4S. The minimum atomic E-state index is -3.05. The van der Waals surface area contributed by atoms with E-state index in [1.54, 1.807) is 36.9 Å². The van der Waals surface area contributed by atoms with Gasteiger partial charge in [0.05, 0.1) is 22.5 Å². The first kappa shape index (κ1) is 20.4. The average Bonchev–Trinajstić information content (AvgIpc) is 2.94. The molecule has 158 valence electrons. The monoisotopic (exact) mass is 428 g/mol. The van der Waals surface area contributed by atoms with Crippen LogP contribution in [0.4, 0.5) is 5.69 Å². The summed E-state index contributed by atoms with van der Waals surface area (Å²) in [7, 11) is 0.344. The number of carbonyl (C=O) groups excluding carboxylic acids is 1. The van der Waals surface area contributed by atoms with Gasteiger partial charge in [-0.2, -0.15) is 0 Å². The van der Waals surface area contributed by atoms with Gasteiger partial charge in [-0.25, -0.2) is 13.2 Å². The number of fused-ring (bicyclic) bond motifs is 1. The van der Waals surface area contributed by atoms with Gasteiger partial charge in [0.2, 0.25) is 5.91 Å². The van der Waals surface area contributed by atoms with Gasteiger partial charge >= 0.3 is 5.69 Å². The van der Waals surface area contributed by atoms with Gasteiger partial charge in [-0.1, -0.05) is 30.3 Å². The normalized spacial score (nSPS) is 17.7. The number of benzene rings is 2. The zero-order valence-corrected chi connectivity index (χ0v) is 17.7. The minimum Gasteiger partial charge on any atom is -0.324 e. The number of anilines is 1. The van der Waals surface area contributed by atoms with Crippen LogP contribution < -0.4 is 11.0 Å². The van der Waals surface area contributed by atoms with Crippen molar-refractivity contribution in [2.75, 3.05) is 29.9 Å². The zero-order chi connectivity index (χ0) is 21.5. The zero-order valence-electron chi connectivity index (χ0n) is 16.9. The molecule has 2 heterocycles. The molecule has 4 rings (SSSR count). The highest BCUT2D eigenvalue weighted by atomic mass is 32.2. The molecule has 1 amide bonds. The molecule has 1 fully saturated rings. The van der Waals surface area contributed by atoms with Crippen molar-refractivity contribution in [3.8, 4) is 0 Å². The van der Waals surface area contributed by atoms with E-state index in [1.165, 1.54) is 4.57 Å². The van der Waals surface area contributed by atoms with Crippen LogP contribution in [0.1, 0.15) is 11.6 Å². The molecule has 9 heteroatoms. The molecule has 0 spiro atoms. The SMILES string of the molecule is Cn1c(=O)n(C)c2cc(NC(=O)C(c3ccccc3)N3CCS(=O)(=O)CC3)ccc21. The average molecular weight is 429 g/mol. The second-order valence-corrected chi connectivity index (χ2v) is 9.90. The number of aromatic nitrogens is 2. The van der Waals surface area contributed by atoms with Crippen molar-refractivity contribution in [2.45, 2.75) is 6.04 Å². The van der Waals surface area contributed by atoms with Crippen molar-refractivity contribution in [3.05, 3.63) is 64.6 Å². The number of sulfone groups is 1. The molecule has 1 unspecified atom stereocenters. The molecule has 1 N–H and O–H groups in total. The molecular weight excluding hydrogens is 404 g/mol. The second-order valence-electron chi connectivity index (χ2n) is 7.59. The predicted molar refractivity (Wildman–Crippen MR) is 116 cm³/mol. The van der Waals surface area contributed by atoms with Crippen LogP contribution in [0.2, 0.25) is 0 Å². The molecule has 0 radical (unpaired) electrons. The summed E-state index contributed by atoms with van der Waals surface area (Å²) in [6, 6.07) is 14.1. The molecule has 1 aromatic heterocycles. The van der Waals surface area contributed by atoms with E-state index in [9.17, 15) is 18.0 Å². The van der Waals surface area contributed by atoms with E-state index in [2.05, 4.69) is 5.32 Å². The lowest BCUT2D eigenvalue weighted by Gasteiger charge is -2.33. The lowest BCUT2D eigenvalue weighted by Crippen LogP contribution is -2.46. The van der Waals surface area contributed by atoms with Crippen LogP contribution in [0.3, 0.4) is 0 Å². The fourth-order valence-electron chi connectivity index (χ4n) is 3.94. The van der Waals surface area contributed by atoms with Gasteiger partial charge in [0.25, 0.3) is 0 Å². The van der Waals surface area contributed by atoms with Crippen molar-refractivity contribution >= 4 is 32.5 Å². The fourth-order valence-corrected chi connectivity index (χ4v) is 5.17. The maximum absolute atomic E-state index is 13.3. The highest BCUT2D eigenvalue weighted by Crippen LogP contribution is 2.26. The first-order valence-electron chi connectivity index (χ1n) is 9.72. The van der Waals surface area contributed by atoms with Gasteiger partial charge in [0, 0.05) is 32.9 Å². The Morgan fingerprint density at radius 2 is 1.60 bits per heavy atom. The van der Waals surface area contributed by atoms with Gasteiger partial charge in [0.15, 0.2) is 9.84 Å². The smallest absolute Gasteiger partial charge is 0.324 e. The minimum absolute atomic E-state index is 0.0434. The number of nitrogens with zero attached hydrogens (tertiary/aromatic N) is 3. The molecule has 30 heavy (non-hydrogen) atoms. The maximum Gasteiger partial charge on any atom is 0.328 e. The lowest BCUT2D eigenvalue weighted by atomic mass is 10.0. The van der Waals surface area contributed by atoms with Crippen LogP contribution >= 0.6 is 0 Å². The van der Waals surface area contributed by atoms with Crippen molar-refractivity contribution in [3.63, 3.8) is 0 Å². The number of aryl methyl sites for hydroxylation is 2. The number of rotatable bonds is 4. The molecule has 8 nitrogen and oxygen atoms in total. The number of carbonyl (C=O) groups is 1. The van der Waals surface area contributed by atoms with Gasteiger partial charge in [0.1, 0.15) is 6.04 Å². The molecule has 1 saturated heterocycles. The Kier molecular flexibility index (Phi) is 5.25. The first-order chi connectivity index (χ1) is 14.3. The highest BCUT2D eigenvalue weighted by Gasteiger charge is 2.32. The number of nitrogens with one attached hydrogen (secondary N) is 1. The van der Waals surface area contributed by atoms with E-state index in [0.29, 0.717) is 18.8 Å². The van der Waals surface area contributed by atoms with E-state index in [1.807, 2.05) is 35.2 Å². The Bertz CT molecular complexity index is 1250. The Morgan fingerprint density at radius 1 is 0.967 bits per heavy atom. The van der Waals surface area contributed by atoms with Gasteiger partial charge in [-0.3, -0.25) is 18.8 Å². The molecule has 1 atom stereocenters. The predicted octanol–water partition coefficient (Wildman–Crippen LogP) is 1.29. The van der Waals surface area contributed by atoms with Crippen molar-refractivity contribution in [2.24, 2.45) is 14.1 Å². The van der Waals surface area contributed by atoms with E-state index < -0.39 is 15.9 Å². The third kappa shape index (κ3) is 3.78. The quantitative estimate of drug-likeness (QED) is 0.676. The summed E-state index contributed by atoms with van der Waals surface area (Å²) in [6.45, 7) is 0.614. The number of imidazole rings is 1. The van der Waals surface area contributed by atoms with Crippen molar-refractivity contribution < 1.29 is 13.2 Å². The topological polar surface area (TPSA) is 93.4 Å². The van der Waals surface area contributed by atoms with E-state index in [4.69, 9.17) is 0 Å². The second kappa shape index (κ2) is 7.73. The van der Waals surface area contributed by atoms with Crippen LogP contribution in [0.25, 0.3) is 11.0 Å². The fraction of sp³-hybridized carbons (Fsp3) is 0.333. The summed E-state index contributed by atoms with van der Waals surface area (Å²) in [5.74, 6) is -0.149. The van der Waals surface area contributed by atoms with Crippen molar-refractivity contribution in [1.29, 1.82) is 0 Å². The Hall–Kier alpha value is -2.91. The Morgan fingerprint density at radius 3 is 2.27 bits per heavy atom. The number of amides is 1. The van der Waals surface area contributed by atoms with Gasteiger partial charge in [-0.05, 0) is 23.8 Å². The number of hydrogen-bond donors (Lipinski definition) is 1. The largest absolute Gasteiger partial charge is 0.328 e. The summed E-state index contributed by atoms with van der Waals surface area (Å²) in [6.07, 6.45) is 0. The van der Waals surface area contributed by atoms with Crippen LogP contribution in [0.15, 0.2) is 53.3 Å². The van der Waals surface area contributed by atoms with Gasteiger partial charge in [-0.15, -0.1) is 0 Å². The Balaban J connectivity index is 1.65.